The lowest BCUT2D eigenvalue weighted by molar-refractivity contribution is 0.660. The number of para-hydroxylation sites is 1. The van der Waals surface area contributed by atoms with Crippen molar-refractivity contribution in [2.75, 3.05) is 0 Å². The van der Waals surface area contributed by atoms with Gasteiger partial charge in [0.05, 0.1) is 11.0 Å². The molecule has 0 amide bonds. The van der Waals surface area contributed by atoms with Gasteiger partial charge in [-0.2, -0.15) is 0 Å². The molecule has 0 spiro atoms. The van der Waals surface area contributed by atoms with Crippen molar-refractivity contribution in [3.8, 4) is 39.1 Å². The van der Waals surface area contributed by atoms with Crippen molar-refractivity contribution in [1.82, 2.24) is 4.57 Å². The van der Waals surface area contributed by atoms with Gasteiger partial charge in [0.25, 0.3) is 0 Å². The minimum atomic E-state index is -0.111. The first-order valence-corrected chi connectivity index (χ1v) is 19.5. The molecule has 7 aromatic carbocycles. The summed E-state index contributed by atoms with van der Waals surface area (Å²) in [5.41, 5.74) is 17.1. The average molecular weight is 688 g/mol. The van der Waals surface area contributed by atoms with Crippen LogP contribution < -0.4 is 0 Å². The lowest BCUT2D eigenvalue weighted by Gasteiger charge is -2.22. The third-order valence-corrected chi connectivity index (χ3v) is 13.2. The average Bonchev–Trinajstić information content (AvgIpc) is 3.79. The second-order valence-electron chi connectivity index (χ2n) is 15.3. The maximum atomic E-state index is 2.48. The molecule has 1 atom stereocenters. The van der Waals surface area contributed by atoms with E-state index in [1.165, 1.54) is 103 Å². The predicted molar refractivity (Wildman–Crippen MR) is 226 cm³/mol. The van der Waals surface area contributed by atoms with E-state index < -0.39 is 0 Å². The standard InChI is InChI=1S/C50H41NS/c1-6-30(2)36-22-19-32(27-40(36)35-14-8-7-13-31(35)3)33-20-25-45-41(28-33)37-15-9-11-17-44(37)51(45)34-21-23-38-43(29-34)50(4,5)42-24-26-47-49(48(38)42)39-16-10-12-18-46(39)52-47/h7-30H,6H2,1-5H3. The maximum Gasteiger partial charge on any atom is 0.0541 e. The van der Waals surface area contributed by atoms with Gasteiger partial charge in [0.1, 0.15) is 0 Å². The Balaban J connectivity index is 1.14. The third-order valence-electron chi connectivity index (χ3n) is 12.1. The molecule has 0 N–H and O–H groups in total. The highest BCUT2D eigenvalue weighted by Gasteiger charge is 2.37. The Bertz CT molecular complexity index is 2900. The van der Waals surface area contributed by atoms with Gasteiger partial charge in [-0.15, -0.1) is 11.3 Å². The molecule has 0 aliphatic heterocycles. The van der Waals surface area contributed by atoms with Crippen molar-refractivity contribution in [2.45, 2.75) is 52.4 Å². The summed E-state index contributed by atoms with van der Waals surface area (Å²) in [5, 5.41) is 5.34. The summed E-state index contributed by atoms with van der Waals surface area (Å²) in [6.07, 6.45) is 1.12. The van der Waals surface area contributed by atoms with E-state index in [9.17, 15) is 0 Å². The molecule has 0 bridgehead atoms. The molecule has 1 aliphatic carbocycles. The smallest absolute Gasteiger partial charge is 0.0541 e. The van der Waals surface area contributed by atoms with E-state index in [4.69, 9.17) is 0 Å². The van der Waals surface area contributed by atoms with Gasteiger partial charge in [0, 0.05) is 42.0 Å². The van der Waals surface area contributed by atoms with Crippen molar-refractivity contribution in [3.05, 3.63) is 162 Å². The van der Waals surface area contributed by atoms with Crippen LogP contribution in [0.4, 0.5) is 0 Å². The van der Waals surface area contributed by atoms with E-state index in [0.29, 0.717) is 5.92 Å². The molecule has 1 nitrogen and oxygen atoms in total. The summed E-state index contributed by atoms with van der Waals surface area (Å²) in [6, 6.07) is 52.8. The Morgan fingerprint density at radius 1 is 0.596 bits per heavy atom. The molecule has 2 aromatic heterocycles. The van der Waals surface area contributed by atoms with Gasteiger partial charge in [-0.05, 0) is 123 Å². The molecule has 0 fully saturated rings. The number of hydrogen-bond acceptors (Lipinski definition) is 1. The molecule has 10 rings (SSSR count). The topological polar surface area (TPSA) is 4.93 Å². The fourth-order valence-corrected chi connectivity index (χ4v) is 10.2. The fraction of sp³-hybridized carbons (Fsp3) is 0.160. The van der Waals surface area contributed by atoms with Crippen LogP contribution in [0.3, 0.4) is 0 Å². The number of aryl methyl sites for hydroxylation is 1. The molecule has 52 heavy (non-hydrogen) atoms. The van der Waals surface area contributed by atoms with Gasteiger partial charge in [-0.3, -0.25) is 0 Å². The molecule has 1 unspecified atom stereocenters. The molecule has 2 heterocycles. The molecular formula is C50H41NS. The van der Waals surface area contributed by atoms with Crippen LogP contribution >= 0.6 is 11.3 Å². The Kier molecular flexibility index (Phi) is 6.94. The first kappa shape index (κ1) is 31.3. The van der Waals surface area contributed by atoms with Crippen LogP contribution in [0.25, 0.3) is 81.0 Å². The van der Waals surface area contributed by atoms with Crippen molar-refractivity contribution in [2.24, 2.45) is 0 Å². The van der Waals surface area contributed by atoms with Crippen LogP contribution in [-0.4, -0.2) is 4.57 Å². The molecule has 0 radical (unpaired) electrons. The van der Waals surface area contributed by atoms with Gasteiger partial charge >= 0.3 is 0 Å². The van der Waals surface area contributed by atoms with Crippen LogP contribution in [0.5, 0.6) is 0 Å². The highest BCUT2D eigenvalue weighted by Crippen LogP contribution is 2.54. The van der Waals surface area contributed by atoms with E-state index in [1.807, 2.05) is 11.3 Å². The number of benzene rings is 7. The molecule has 1 aliphatic rings. The number of rotatable bonds is 5. The number of aromatic nitrogens is 1. The van der Waals surface area contributed by atoms with Crippen LogP contribution in [0.1, 0.15) is 62.3 Å². The zero-order chi connectivity index (χ0) is 35.3. The second kappa shape index (κ2) is 11.5. The molecule has 2 heteroatoms. The molecule has 252 valence electrons. The van der Waals surface area contributed by atoms with Crippen molar-refractivity contribution < 1.29 is 0 Å². The van der Waals surface area contributed by atoms with E-state index in [1.54, 1.807) is 0 Å². The number of hydrogen-bond donors (Lipinski definition) is 0. The number of fused-ring (bicyclic) bond motifs is 10. The molecular weight excluding hydrogens is 647 g/mol. The van der Waals surface area contributed by atoms with Crippen molar-refractivity contribution in [3.63, 3.8) is 0 Å². The molecule has 0 saturated heterocycles. The minimum Gasteiger partial charge on any atom is -0.309 e. The van der Waals surface area contributed by atoms with E-state index in [-0.39, 0.29) is 5.41 Å². The highest BCUT2D eigenvalue weighted by atomic mass is 32.1. The minimum absolute atomic E-state index is 0.111. The summed E-state index contributed by atoms with van der Waals surface area (Å²) in [5.74, 6) is 0.491. The van der Waals surface area contributed by atoms with Gasteiger partial charge < -0.3 is 4.57 Å². The SMILES string of the molecule is CCC(C)c1ccc(-c2ccc3c(c2)c2ccccc2n3-c2ccc3c(c2)C(C)(C)c2ccc4sc5ccccc5c4c2-3)cc1-c1ccccc1C. The maximum absolute atomic E-state index is 2.48. The van der Waals surface area contributed by atoms with Crippen LogP contribution in [-0.2, 0) is 5.41 Å². The zero-order valence-corrected chi connectivity index (χ0v) is 31.2. The van der Waals surface area contributed by atoms with Gasteiger partial charge in [0.2, 0.25) is 0 Å². The lowest BCUT2D eigenvalue weighted by atomic mass is 9.82. The highest BCUT2D eigenvalue weighted by molar-refractivity contribution is 7.26. The summed E-state index contributed by atoms with van der Waals surface area (Å²) in [7, 11) is 0. The van der Waals surface area contributed by atoms with Crippen LogP contribution in [0, 0.1) is 6.92 Å². The molecule has 9 aromatic rings. The van der Waals surface area contributed by atoms with E-state index >= 15 is 0 Å². The van der Waals surface area contributed by atoms with E-state index in [2.05, 4.69) is 179 Å². The Labute approximate surface area is 309 Å². The Morgan fingerprint density at radius 2 is 1.33 bits per heavy atom. The van der Waals surface area contributed by atoms with Gasteiger partial charge in [-0.25, -0.2) is 0 Å². The van der Waals surface area contributed by atoms with E-state index in [0.717, 1.165) is 6.42 Å². The predicted octanol–water partition coefficient (Wildman–Crippen LogP) is 14.6. The largest absolute Gasteiger partial charge is 0.309 e. The quantitative estimate of drug-likeness (QED) is 0.170. The second-order valence-corrected chi connectivity index (χ2v) is 16.4. The summed E-state index contributed by atoms with van der Waals surface area (Å²) in [4.78, 5) is 0. The first-order valence-electron chi connectivity index (χ1n) is 18.7. The monoisotopic (exact) mass is 687 g/mol. The fourth-order valence-electron chi connectivity index (χ4n) is 9.09. The Morgan fingerprint density at radius 3 is 2.17 bits per heavy atom. The number of nitrogens with zero attached hydrogens (tertiary/aromatic N) is 1. The zero-order valence-electron chi connectivity index (χ0n) is 30.4. The van der Waals surface area contributed by atoms with Crippen molar-refractivity contribution >= 4 is 53.3 Å². The lowest BCUT2D eigenvalue weighted by Crippen LogP contribution is -2.15. The number of thiophene rings is 1. The van der Waals surface area contributed by atoms with Gasteiger partial charge in [-0.1, -0.05) is 119 Å². The van der Waals surface area contributed by atoms with Crippen LogP contribution in [0.15, 0.2) is 140 Å². The van der Waals surface area contributed by atoms with Gasteiger partial charge in [0.15, 0.2) is 0 Å². The summed E-state index contributed by atoms with van der Waals surface area (Å²) < 4.78 is 5.21. The summed E-state index contributed by atoms with van der Waals surface area (Å²) >= 11 is 1.90. The van der Waals surface area contributed by atoms with Crippen molar-refractivity contribution in [1.29, 1.82) is 0 Å². The molecule has 0 saturated carbocycles. The normalized spacial score (nSPS) is 14.0. The van der Waals surface area contributed by atoms with Crippen LogP contribution in [0.2, 0.25) is 0 Å². The summed E-state index contributed by atoms with van der Waals surface area (Å²) in [6.45, 7) is 11.7. The Hall–Kier alpha value is -5.44. The first-order chi connectivity index (χ1) is 25.3. The third kappa shape index (κ3) is 4.47.